The van der Waals surface area contributed by atoms with Gasteiger partial charge in [0.15, 0.2) is 5.96 Å². The van der Waals surface area contributed by atoms with Crippen molar-refractivity contribution in [2.24, 2.45) is 4.99 Å². The molecule has 148 valence electrons. The second-order valence-corrected chi connectivity index (χ2v) is 7.52. The first kappa shape index (κ1) is 23.5. The summed E-state index contributed by atoms with van der Waals surface area (Å²) < 4.78 is 11.0. The molecule has 1 saturated heterocycles. The molecule has 5 nitrogen and oxygen atoms in total. The van der Waals surface area contributed by atoms with Crippen LogP contribution in [0.3, 0.4) is 0 Å². The summed E-state index contributed by atoms with van der Waals surface area (Å²) in [5, 5.41) is 7.62. The standard InChI is InChI=1S/C19H30ClN3O2.HI/c1-18(2,24-4)13-22-17(21-3)23-14-19(9-11-25-12-10-19)15-7-5-6-8-16(15)20;/h5-8H,9-14H2,1-4H3,(H2,21,22,23);1H. The minimum absolute atomic E-state index is 0. The fourth-order valence-corrected chi connectivity index (χ4v) is 3.37. The van der Waals surface area contributed by atoms with Gasteiger partial charge in [0.2, 0.25) is 0 Å². The van der Waals surface area contributed by atoms with Crippen molar-refractivity contribution < 1.29 is 9.47 Å². The molecule has 0 aromatic heterocycles. The van der Waals surface area contributed by atoms with E-state index in [2.05, 4.69) is 21.7 Å². The first-order valence-electron chi connectivity index (χ1n) is 8.75. The van der Waals surface area contributed by atoms with Crippen LogP contribution in [0.5, 0.6) is 0 Å². The summed E-state index contributed by atoms with van der Waals surface area (Å²) in [6.07, 6.45) is 1.87. The minimum atomic E-state index is -0.253. The van der Waals surface area contributed by atoms with E-state index in [9.17, 15) is 0 Å². The number of ether oxygens (including phenoxy) is 2. The lowest BCUT2D eigenvalue weighted by molar-refractivity contribution is 0.0267. The van der Waals surface area contributed by atoms with Gasteiger partial charge in [-0.05, 0) is 38.3 Å². The number of halogens is 2. The van der Waals surface area contributed by atoms with Crippen molar-refractivity contribution >= 4 is 41.5 Å². The molecule has 0 unspecified atom stereocenters. The van der Waals surface area contributed by atoms with Gasteiger partial charge in [0.25, 0.3) is 0 Å². The normalized spacial score (nSPS) is 17.3. The van der Waals surface area contributed by atoms with Gasteiger partial charge in [0.1, 0.15) is 0 Å². The topological polar surface area (TPSA) is 54.9 Å². The second-order valence-electron chi connectivity index (χ2n) is 7.12. The van der Waals surface area contributed by atoms with Gasteiger partial charge in [-0.1, -0.05) is 29.8 Å². The molecule has 0 atom stereocenters. The number of guanidine groups is 1. The van der Waals surface area contributed by atoms with Crippen LogP contribution in [0.4, 0.5) is 0 Å². The molecule has 1 aromatic carbocycles. The Hall–Kier alpha value is -0.570. The Labute approximate surface area is 179 Å². The van der Waals surface area contributed by atoms with Crippen LogP contribution in [-0.4, -0.2) is 52.0 Å². The molecule has 0 amide bonds. The number of benzene rings is 1. The SMILES string of the molecule is CN=C(NCC(C)(C)OC)NCC1(c2ccccc2Cl)CCOCC1.I. The molecule has 0 saturated carbocycles. The first-order chi connectivity index (χ1) is 11.9. The lowest BCUT2D eigenvalue weighted by atomic mass is 9.74. The summed E-state index contributed by atoms with van der Waals surface area (Å²) in [5.74, 6) is 0.767. The highest BCUT2D eigenvalue weighted by Crippen LogP contribution is 2.38. The van der Waals surface area contributed by atoms with Gasteiger partial charge in [-0.15, -0.1) is 24.0 Å². The van der Waals surface area contributed by atoms with E-state index in [4.69, 9.17) is 21.1 Å². The molecule has 0 bridgehead atoms. The maximum atomic E-state index is 6.51. The summed E-state index contributed by atoms with van der Waals surface area (Å²) in [7, 11) is 3.49. The average molecular weight is 496 g/mol. The molecule has 1 heterocycles. The molecule has 1 aromatic rings. The van der Waals surface area contributed by atoms with Crippen molar-refractivity contribution in [1.82, 2.24) is 10.6 Å². The molecule has 1 aliphatic rings. The first-order valence-corrected chi connectivity index (χ1v) is 9.13. The van der Waals surface area contributed by atoms with E-state index < -0.39 is 0 Å². The molecule has 0 aliphatic carbocycles. The Balaban J connectivity index is 0.00000338. The third-order valence-electron chi connectivity index (χ3n) is 4.95. The van der Waals surface area contributed by atoms with Gasteiger partial charge in [-0.25, -0.2) is 0 Å². The molecule has 1 aliphatic heterocycles. The third kappa shape index (κ3) is 6.25. The van der Waals surface area contributed by atoms with Gasteiger partial charge in [-0.2, -0.15) is 0 Å². The largest absolute Gasteiger partial charge is 0.381 e. The van der Waals surface area contributed by atoms with Crippen LogP contribution < -0.4 is 10.6 Å². The van der Waals surface area contributed by atoms with Gasteiger partial charge in [0.05, 0.1) is 5.60 Å². The molecule has 2 rings (SSSR count). The maximum Gasteiger partial charge on any atom is 0.191 e. The summed E-state index contributed by atoms with van der Waals surface area (Å²) in [5.41, 5.74) is 0.877. The van der Waals surface area contributed by atoms with E-state index in [1.165, 1.54) is 5.56 Å². The number of hydrogen-bond donors (Lipinski definition) is 2. The molecule has 2 N–H and O–H groups in total. The van der Waals surface area contributed by atoms with E-state index in [0.717, 1.165) is 43.6 Å². The maximum absolute atomic E-state index is 6.51. The molecular formula is C19H31ClIN3O2. The lowest BCUT2D eigenvalue weighted by Crippen LogP contribution is -2.50. The van der Waals surface area contributed by atoms with E-state index in [1.54, 1.807) is 14.2 Å². The fraction of sp³-hybridized carbons (Fsp3) is 0.632. The number of methoxy groups -OCH3 is 1. The summed E-state index contributed by atoms with van der Waals surface area (Å²) in [6.45, 7) is 7.00. The van der Waals surface area contributed by atoms with E-state index in [1.807, 2.05) is 32.0 Å². The smallest absolute Gasteiger partial charge is 0.191 e. The number of nitrogens with zero attached hydrogens (tertiary/aromatic N) is 1. The van der Waals surface area contributed by atoms with Gasteiger partial charge in [-0.3, -0.25) is 4.99 Å². The number of hydrogen-bond acceptors (Lipinski definition) is 3. The zero-order chi connectivity index (χ0) is 18.3. The second kappa shape index (κ2) is 10.7. The Morgan fingerprint density at radius 2 is 1.92 bits per heavy atom. The van der Waals surface area contributed by atoms with Crippen LogP contribution in [0.15, 0.2) is 29.3 Å². The van der Waals surface area contributed by atoms with Crippen molar-refractivity contribution in [2.45, 2.75) is 37.7 Å². The predicted molar refractivity (Wildman–Crippen MR) is 119 cm³/mol. The van der Waals surface area contributed by atoms with Gasteiger partial charge < -0.3 is 20.1 Å². The quantitative estimate of drug-likeness (QED) is 0.360. The zero-order valence-corrected chi connectivity index (χ0v) is 19.2. The highest BCUT2D eigenvalue weighted by Gasteiger charge is 2.36. The van der Waals surface area contributed by atoms with Crippen molar-refractivity contribution in [3.8, 4) is 0 Å². The van der Waals surface area contributed by atoms with Crippen LogP contribution in [0, 0.1) is 0 Å². The van der Waals surface area contributed by atoms with Crippen LogP contribution in [0.1, 0.15) is 32.3 Å². The molecule has 26 heavy (non-hydrogen) atoms. The van der Waals surface area contributed by atoms with Crippen molar-refractivity contribution in [3.63, 3.8) is 0 Å². The Morgan fingerprint density at radius 1 is 1.27 bits per heavy atom. The summed E-state index contributed by atoms with van der Waals surface area (Å²) >= 11 is 6.51. The van der Waals surface area contributed by atoms with Crippen LogP contribution in [0.2, 0.25) is 5.02 Å². The fourth-order valence-electron chi connectivity index (χ4n) is 3.04. The third-order valence-corrected chi connectivity index (χ3v) is 5.28. The van der Waals surface area contributed by atoms with E-state index in [-0.39, 0.29) is 35.0 Å². The molecule has 0 spiro atoms. The molecular weight excluding hydrogens is 465 g/mol. The van der Waals surface area contributed by atoms with Gasteiger partial charge in [0, 0.05) is 50.9 Å². The van der Waals surface area contributed by atoms with Crippen LogP contribution >= 0.6 is 35.6 Å². The average Bonchev–Trinajstić information content (AvgIpc) is 2.63. The highest BCUT2D eigenvalue weighted by atomic mass is 127. The minimum Gasteiger partial charge on any atom is -0.381 e. The molecule has 7 heteroatoms. The number of rotatable bonds is 6. The van der Waals surface area contributed by atoms with Crippen molar-refractivity contribution in [3.05, 3.63) is 34.9 Å². The Morgan fingerprint density at radius 3 is 2.50 bits per heavy atom. The van der Waals surface area contributed by atoms with Crippen molar-refractivity contribution in [1.29, 1.82) is 0 Å². The Kier molecular flexibility index (Phi) is 9.64. The number of nitrogens with one attached hydrogen (secondary N) is 2. The molecule has 1 fully saturated rings. The summed E-state index contributed by atoms with van der Waals surface area (Å²) in [4.78, 5) is 4.33. The van der Waals surface area contributed by atoms with E-state index in [0.29, 0.717) is 6.54 Å². The van der Waals surface area contributed by atoms with Crippen molar-refractivity contribution in [2.75, 3.05) is 40.5 Å². The zero-order valence-electron chi connectivity index (χ0n) is 16.1. The van der Waals surface area contributed by atoms with Crippen LogP contribution in [-0.2, 0) is 14.9 Å². The number of aliphatic imine (C=N–C) groups is 1. The Bertz CT molecular complexity index is 590. The highest BCUT2D eigenvalue weighted by molar-refractivity contribution is 14.0. The lowest BCUT2D eigenvalue weighted by Gasteiger charge is -2.39. The molecule has 0 radical (unpaired) electrons. The van der Waals surface area contributed by atoms with Gasteiger partial charge >= 0.3 is 0 Å². The van der Waals surface area contributed by atoms with Crippen LogP contribution in [0.25, 0.3) is 0 Å². The summed E-state index contributed by atoms with van der Waals surface area (Å²) in [6, 6.07) is 8.11. The monoisotopic (exact) mass is 495 g/mol. The predicted octanol–water partition coefficient (Wildman–Crippen LogP) is 3.60. The van der Waals surface area contributed by atoms with E-state index >= 15 is 0 Å².